The quantitative estimate of drug-likeness (QED) is 0.829. The molecule has 1 aromatic rings. The summed E-state index contributed by atoms with van der Waals surface area (Å²) in [5, 5.41) is 4.69. The van der Waals surface area contributed by atoms with Crippen molar-refractivity contribution in [1.29, 1.82) is 0 Å². The van der Waals surface area contributed by atoms with Gasteiger partial charge in [-0.15, -0.1) is 11.3 Å². The van der Waals surface area contributed by atoms with Gasteiger partial charge in [0.15, 0.2) is 0 Å². The number of carbonyl (C=O) groups excluding carboxylic acids is 2. The molecule has 2 heterocycles. The summed E-state index contributed by atoms with van der Waals surface area (Å²) in [7, 11) is 0. The molecule has 0 saturated carbocycles. The minimum atomic E-state index is -0.718. The third-order valence-electron chi connectivity index (χ3n) is 3.38. The average molecular weight is 311 g/mol. The van der Waals surface area contributed by atoms with Crippen molar-refractivity contribution in [2.45, 2.75) is 25.4 Å². The first-order valence-electron chi connectivity index (χ1n) is 7.10. The zero-order chi connectivity index (χ0) is 15.2. The largest absolute Gasteiger partial charge is 0.377 e. The van der Waals surface area contributed by atoms with Crippen molar-refractivity contribution in [3.8, 4) is 0 Å². The molecule has 2 unspecified atom stereocenters. The molecule has 21 heavy (non-hydrogen) atoms. The molecule has 2 amide bonds. The van der Waals surface area contributed by atoms with E-state index in [4.69, 9.17) is 10.5 Å². The fraction of sp³-hybridized carbons (Fsp3) is 0.571. The SMILES string of the molecule is CCCNC(=O)C1COCCN1C(=O)C(N)c1cccs1. The number of hydrogen-bond acceptors (Lipinski definition) is 5. The zero-order valence-electron chi connectivity index (χ0n) is 12.1. The molecule has 6 nitrogen and oxygen atoms in total. The van der Waals surface area contributed by atoms with E-state index in [1.807, 2.05) is 24.4 Å². The number of morpholine rings is 1. The summed E-state index contributed by atoms with van der Waals surface area (Å²) in [6.45, 7) is 3.61. The van der Waals surface area contributed by atoms with Gasteiger partial charge in [0.05, 0.1) is 13.2 Å². The van der Waals surface area contributed by atoms with E-state index >= 15 is 0 Å². The number of nitrogens with one attached hydrogen (secondary N) is 1. The summed E-state index contributed by atoms with van der Waals surface area (Å²) in [5.41, 5.74) is 6.02. The molecular formula is C14H21N3O3S. The van der Waals surface area contributed by atoms with Crippen LogP contribution in [0.25, 0.3) is 0 Å². The van der Waals surface area contributed by atoms with Crippen LogP contribution in [0.3, 0.4) is 0 Å². The topological polar surface area (TPSA) is 84.7 Å². The van der Waals surface area contributed by atoms with E-state index in [2.05, 4.69) is 5.32 Å². The molecule has 2 atom stereocenters. The molecule has 0 bridgehead atoms. The molecule has 2 rings (SSSR count). The summed E-state index contributed by atoms with van der Waals surface area (Å²) in [6.07, 6.45) is 0.849. The Hall–Kier alpha value is -1.44. The maximum atomic E-state index is 12.6. The zero-order valence-corrected chi connectivity index (χ0v) is 12.9. The van der Waals surface area contributed by atoms with E-state index in [1.54, 1.807) is 4.90 Å². The van der Waals surface area contributed by atoms with Crippen molar-refractivity contribution in [1.82, 2.24) is 10.2 Å². The lowest BCUT2D eigenvalue weighted by molar-refractivity contribution is -0.149. The average Bonchev–Trinajstić information content (AvgIpc) is 3.05. The van der Waals surface area contributed by atoms with Crippen LogP contribution in [0.4, 0.5) is 0 Å². The number of carbonyl (C=O) groups is 2. The molecular weight excluding hydrogens is 290 g/mol. The van der Waals surface area contributed by atoms with Gasteiger partial charge in [-0.2, -0.15) is 0 Å². The van der Waals surface area contributed by atoms with Gasteiger partial charge < -0.3 is 20.7 Å². The lowest BCUT2D eigenvalue weighted by Crippen LogP contribution is -2.57. The van der Waals surface area contributed by atoms with E-state index in [0.717, 1.165) is 11.3 Å². The van der Waals surface area contributed by atoms with E-state index in [1.165, 1.54) is 11.3 Å². The van der Waals surface area contributed by atoms with Gasteiger partial charge in [0.1, 0.15) is 12.1 Å². The molecule has 1 aliphatic heterocycles. The van der Waals surface area contributed by atoms with Crippen molar-refractivity contribution >= 4 is 23.2 Å². The highest BCUT2D eigenvalue weighted by molar-refractivity contribution is 7.10. The molecule has 1 aromatic heterocycles. The van der Waals surface area contributed by atoms with Crippen LogP contribution in [0.15, 0.2) is 17.5 Å². The van der Waals surface area contributed by atoms with Crippen LogP contribution in [0.2, 0.25) is 0 Å². The Labute approximate surface area is 128 Å². The summed E-state index contributed by atoms with van der Waals surface area (Å²) in [5.74, 6) is -0.402. The van der Waals surface area contributed by atoms with Crippen LogP contribution < -0.4 is 11.1 Å². The second kappa shape index (κ2) is 7.53. The smallest absolute Gasteiger partial charge is 0.245 e. The van der Waals surface area contributed by atoms with Crippen LogP contribution in [-0.4, -0.2) is 49.1 Å². The molecule has 1 saturated heterocycles. The summed E-state index contributed by atoms with van der Waals surface area (Å²) < 4.78 is 5.34. The van der Waals surface area contributed by atoms with Crippen molar-refractivity contribution in [3.63, 3.8) is 0 Å². The summed E-state index contributed by atoms with van der Waals surface area (Å²) >= 11 is 1.44. The Bertz CT molecular complexity index is 478. The molecule has 116 valence electrons. The van der Waals surface area contributed by atoms with Gasteiger partial charge in [0.2, 0.25) is 11.8 Å². The molecule has 0 spiro atoms. The van der Waals surface area contributed by atoms with Crippen molar-refractivity contribution in [2.75, 3.05) is 26.3 Å². The van der Waals surface area contributed by atoms with Gasteiger partial charge in [0, 0.05) is 18.0 Å². The van der Waals surface area contributed by atoms with Crippen molar-refractivity contribution in [3.05, 3.63) is 22.4 Å². The Morgan fingerprint density at radius 2 is 2.43 bits per heavy atom. The van der Waals surface area contributed by atoms with Gasteiger partial charge in [-0.25, -0.2) is 0 Å². The highest BCUT2D eigenvalue weighted by atomic mass is 32.1. The fourth-order valence-corrected chi connectivity index (χ4v) is 2.94. The summed E-state index contributed by atoms with van der Waals surface area (Å²) in [6, 6.07) is 2.38. The Morgan fingerprint density at radius 3 is 3.10 bits per heavy atom. The molecule has 0 aliphatic carbocycles. The Morgan fingerprint density at radius 1 is 1.62 bits per heavy atom. The summed E-state index contributed by atoms with van der Waals surface area (Å²) in [4.78, 5) is 27.1. The predicted molar refractivity (Wildman–Crippen MR) is 80.9 cm³/mol. The first-order valence-corrected chi connectivity index (χ1v) is 7.98. The van der Waals surface area contributed by atoms with E-state index < -0.39 is 12.1 Å². The van der Waals surface area contributed by atoms with Crippen molar-refractivity contribution in [2.24, 2.45) is 5.73 Å². The highest BCUT2D eigenvalue weighted by Gasteiger charge is 2.35. The van der Waals surface area contributed by atoms with E-state index in [9.17, 15) is 9.59 Å². The Kier molecular flexibility index (Phi) is 5.72. The van der Waals surface area contributed by atoms with Crippen LogP contribution in [0, 0.1) is 0 Å². The van der Waals surface area contributed by atoms with Crippen LogP contribution in [0.5, 0.6) is 0 Å². The number of hydrogen-bond donors (Lipinski definition) is 2. The number of ether oxygens (including phenoxy) is 1. The standard InChI is InChI=1S/C14H21N3O3S/c1-2-5-16-13(18)10-9-20-7-6-17(10)14(19)12(15)11-4-3-8-21-11/h3-4,8,10,12H,2,5-7,9,15H2,1H3,(H,16,18). The van der Waals surface area contributed by atoms with E-state index in [0.29, 0.717) is 19.7 Å². The number of amides is 2. The first-order chi connectivity index (χ1) is 10.1. The van der Waals surface area contributed by atoms with Gasteiger partial charge in [-0.3, -0.25) is 9.59 Å². The number of thiophene rings is 1. The highest BCUT2D eigenvalue weighted by Crippen LogP contribution is 2.21. The molecule has 1 aliphatic rings. The fourth-order valence-electron chi connectivity index (χ4n) is 2.22. The molecule has 3 N–H and O–H groups in total. The predicted octanol–water partition coefficient (Wildman–Crippen LogP) is 0.502. The van der Waals surface area contributed by atoms with Gasteiger partial charge in [-0.1, -0.05) is 13.0 Å². The Balaban J connectivity index is 2.07. The lowest BCUT2D eigenvalue weighted by atomic mass is 10.1. The molecule has 0 aromatic carbocycles. The monoisotopic (exact) mass is 311 g/mol. The minimum Gasteiger partial charge on any atom is -0.377 e. The second-order valence-electron chi connectivity index (χ2n) is 4.91. The lowest BCUT2D eigenvalue weighted by Gasteiger charge is -2.35. The number of nitrogens with two attached hydrogens (primary N) is 1. The van der Waals surface area contributed by atoms with Crippen LogP contribution in [-0.2, 0) is 14.3 Å². The molecule has 1 fully saturated rings. The van der Waals surface area contributed by atoms with Crippen molar-refractivity contribution < 1.29 is 14.3 Å². The maximum absolute atomic E-state index is 12.6. The third-order valence-corrected chi connectivity index (χ3v) is 4.33. The minimum absolute atomic E-state index is 0.178. The maximum Gasteiger partial charge on any atom is 0.245 e. The van der Waals surface area contributed by atoms with Crippen LogP contribution in [0.1, 0.15) is 24.3 Å². The van der Waals surface area contributed by atoms with E-state index in [-0.39, 0.29) is 18.4 Å². The number of nitrogens with zero attached hydrogens (tertiary/aromatic N) is 1. The number of rotatable bonds is 5. The molecule has 0 radical (unpaired) electrons. The molecule has 7 heteroatoms. The first kappa shape index (κ1) is 15.9. The van der Waals surface area contributed by atoms with Crippen LogP contribution >= 0.6 is 11.3 Å². The van der Waals surface area contributed by atoms with Gasteiger partial charge in [-0.05, 0) is 17.9 Å². The second-order valence-corrected chi connectivity index (χ2v) is 5.89. The normalized spacial score (nSPS) is 20.1. The van der Waals surface area contributed by atoms with Gasteiger partial charge in [0.25, 0.3) is 0 Å². The van der Waals surface area contributed by atoms with Gasteiger partial charge >= 0.3 is 0 Å². The third kappa shape index (κ3) is 3.81.